The van der Waals surface area contributed by atoms with E-state index < -0.39 is 5.97 Å². The lowest BCUT2D eigenvalue weighted by Crippen LogP contribution is -2.13. The van der Waals surface area contributed by atoms with Gasteiger partial charge in [-0.05, 0) is 18.6 Å². The molecule has 5 heteroatoms. The summed E-state index contributed by atoms with van der Waals surface area (Å²) in [5, 5.41) is 10.2. The SMILES string of the molecule is COCCCOCCn1c(C(=O)O)cc2ccccc21. The van der Waals surface area contributed by atoms with Crippen LogP contribution in [0.3, 0.4) is 0 Å². The quantitative estimate of drug-likeness (QED) is 0.753. The smallest absolute Gasteiger partial charge is 0.352 e. The Labute approximate surface area is 117 Å². The second-order valence-electron chi connectivity index (χ2n) is 4.50. The van der Waals surface area contributed by atoms with Gasteiger partial charge in [-0.15, -0.1) is 0 Å². The summed E-state index contributed by atoms with van der Waals surface area (Å²) in [5.74, 6) is -0.916. The summed E-state index contributed by atoms with van der Waals surface area (Å²) in [4.78, 5) is 11.3. The van der Waals surface area contributed by atoms with Gasteiger partial charge < -0.3 is 19.1 Å². The third-order valence-corrected chi connectivity index (χ3v) is 3.13. The second-order valence-corrected chi connectivity index (χ2v) is 4.50. The first-order valence-electron chi connectivity index (χ1n) is 6.62. The normalized spacial score (nSPS) is 11.1. The zero-order valence-corrected chi connectivity index (χ0v) is 11.5. The molecule has 0 spiro atoms. The van der Waals surface area contributed by atoms with Crippen LogP contribution in [0.25, 0.3) is 10.9 Å². The molecule has 0 aliphatic carbocycles. The zero-order chi connectivity index (χ0) is 14.4. The summed E-state index contributed by atoms with van der Waals surface area (Å²) in [5.41, 5.74) is 1.22. The lowest BCUT2D eigenvalue weighted by molar-refractivity contribution is 0.0679. The predicted molar refractivity (Wildman–Crippen MR) is 76.2 cm³/mol. The van der Waals surface area contributed by atoms with Crippen molar-refractivity contribution < 1.29 is 19.4 Å². The number of para-hydroxylation sites is 1. The molecule has 2 aromatic rings. The van der Waals surface area contributed by atoms with Crippen molar-refractivity contribution in [2.75, 3.05) is 26.9 Å². The third kappa shape index (κ3) is 3.37. The summed E-state index contributed by atoms with van der Waals surface area (Å²) in [6.45, 7) is 2.31. The number of carbonyl (C=O) groups is 1. The van der Waals surface area contributed by atoms with E-state index in [1.807, 2.05) is 24.3 Å². The van der Waals surface area contributed by atoms with Gasteiger partial charge in [-0.1, -0.05) is 18.2 Å². The molecule has 108 valence electrons. The predicted octanol–water partition coefficient (Wildman–Crippen LogP) is 2.39. The number of carboxylic acid groups (broad SMARTS) is 1. The molecule has 0 aliphatic rings. The molecule has 1 heterocycles. The first-order valence-corrected chi connectivity index (χ1v) is 6.62. The van der Waals surface area contributed by atoms with Gasteiger partial charge in [-0.3, -0.25) is 0 Å². The van der Waals surface area contributed by atoms with E-state index in [0.29, 0.717) is 32.1 Å². The molecule has 0 bridgehead atoms. The van der Waals surface area contributed by atoms with Crippen molar-refractivity contribution in [3.8, 4) is 0 Å². The Morgan fingerprint density at radius 3 is 2.80 bits per heavy atom. The molecule has 1 aromatic heterocycles. The number of nitrogens with zero attached hydrogens (tertiary/aromatic N) is 1. The van der Waals surface area contributed by atoms with E-state index in [-0.39, 0.29) is 0 Å². The van der Waals surface area contributed by atoms with Gasteiger partial charge in [0.2, 0.25) is 0 Å². The van der Waals surface area contributed by atoms with Gasteiger partial charge in [-0.2, -0.15) is 0 Å². The summed E-state index contributed by atoms with van der Waals surface area (Å²) in [6.07, 6.45) is 0.842. The van der Waals surface area contributed by atoms with Gasteiger partial charge >= 0.3 is 5.97 Å². The maximum atomic E-state index is 11.3. The zero-order valence-electron chi connectivity index (χ0n) is 11.5. The highest BCUT2D eigenvalue weighted by Crippen LogP contribution is 2.19. The molecular formula is C15H19NO4. The molecule has 0 saturated heterocycles. The highest BCUT2D eigenvalue weighted by atomic mass is 16.5. The van der Waals surface area contributed by atoms with E-state index in [0.717, 1.165) is 17.3 Å². The van der Waals surface area contributed by atoms with E-state index in [2.05, 4.69) is 0 Å². The van der Waals surface area contributed by atoms with Crippen LogP contribution in [0.4, 0.5) is 0 Å². The fourth-order valence-corrected chi connectivity index (χ4v) is 2.19. The Hall–Kier alpha value is -1.85. The number of hydrogen-bond donors (Lipinski definition) is 1. The minimum atomic E-state index is -0.916. The average Bonchev–Trinajstić information content (AvgIpc) is 2.82. The Kier molecular flexibility index (Phi) is 5.15. The molecule has 0 atom stereocenters. The molecule has 1 N–H and O–H groups in total. The number of carboxylic acids is 1. The molecular weight excluding hydrogens is 258 g/mol. The minimum absolute atomic E-state index is 0.298. The minimum Gasteiger partial charge on any atom is -0.477 e. The van der Waals surface area contributed by atoms with Crippen LogP contribution in [0, 0.1) is 0 Å². The van der Waals surface area contributed by atoms with Crippen molar-refractivity contribution in [1.82, 2.24) is 4.57 Å². The molecule has 1 aromatic carbocycles. The molecule has 0 aliphatic heterocycles. The topological polar surface area (TPSA) is 60.7 Å². The number of benzene rings is 1. The van der Waals surface area contributed by atoms with Crippen LogP contribution in [0.2, 0.25) is 0 Å². The van der Waals surface area contributed by atoms with E-state index in [4.69, 9.17) is 9.47 Å². The number of aromatic nitrogens is 1. The van der Waals surface area contributed by atoms with E-state index in [1.165, 1.54) is 0 Å². The van der Waals surface area contributed by atoms with Crippen LogP contribution in [0.1, 0.15) is 16.9 Å². The van der Waals surface area contributed by atoms with E-state index in [1.54, 1.807) is 17.7 Å². The van der Waals surface area contributed by atoms with Crippen LogP contribution in [-0.4, -0.2) is 42.6 Å². The van der Waals surface area contributed by atoms with Gasteiger partial charge in [-0.25, -0.2) is 4.79 Å². The number of rotatable bonds is 8. The summed E-state index contributed by atoms with van der Waals surface area (Å²) in [6, 6.07) is 9.34. The Balaban J connectivity index is 2.04. The highest BCUT2D eigenvalue weighted by molar-refractivity contribution is 5.94. The van der Waals surface area contributed by atoms with Crippen molar-refractivity contribution in [2.24, 2.45) is 0 Å². The number of aromatic carboxylic acids is 1. The van der Waals surface area contributed by atoms with Crippen LogP contribution >= 0.6 is 0 Å². The Morgan fingerprint density at radius 1 is 1.25 bits per heavy atom. The highest BCUT2D eigenvalue weighted by Gasteiger charge is 2.13. The summed E-state index contributed by atoms with van der Waals surface area (Å²) in [7, 11) is 1.66. The van der Waals surface area contributed by atoms with E-state index >= 15 is 0 Å². The van der Waals surface area contributed by atoms with Gasteiger partial charge in [0, 0.05) is 37.8 Å². The first-order chi connectivity index (χ1) is 9.74. The molecule has 0 radical (unpaired) electrons. The van der Waals surface area contributed by atoms with E-state index in [9.17, 15) is 9.90 Å². The van der Waals surface area contributed by atoms with Gasteiger partial charge in [0.05, 0.1) is 6.61 Å². The Bertz CT molecular complexity index is 576. The molecule has 0 amide bonds. The number of ether oxygens (including phenoxy) is 2. The molecule has 5 nitrogen and oxygen atoms in total. The van der Waals surface area contributed by atoms with Crippen molar-refractivity contribution in [1.29, 1.82) is 0 Å². The standard InChI is InChI=1S/C15H19NO4/c1-19-8-4-9-20-10-7-16-13-6-3-2-5-12(13)11-14(16)15(17)18/h2-3,5-6,11H,4,7-10H2,1H3,(H,17,18). The maximum absolute atomic E-state index is 11.3. The summed E-state index contributed by atoms with van der Waals surface area (Å²) >= 11 is 0. The largest absolute Gasteiger partial charge is 0.477 e. The van der Waals surface area contributed by atoms with Gasteiger partial charge in [0.15, 0.2) is 0 Å². The monoisotopic (exact) mass is 277 g/mol. The molecule has 0 saturated carbocycles. The molecule has 0 unspecified atom stereocenters. The first kappa shape index (κ1) is 14.6. The van der Waals surface area contributed by atoms with Crippen molar-refractivity contribution >= 4 is 16.9 Å². The molecule has 0 fully saturated rings. The lowest BCUT2D eigenvalue weighted by atomic mass is 10.2. The molecule has 20 heavy (non-hydrogen) atoms. The summed E-state index contributed by atoms with van der Waals surface area (Å²) < 4.78 is 12.2. The number of hydrogen-bond acceptors (Lipinski definition) is 3. The van der Waals surface area contributed by atoms with Gasteiger partial charge in [0.1, 0.15) is 5.69 Å². The van der Waals surface area contributed by atoms with Crippen LogP contribution in [-0.2, 0) is 16.0 Å². The van der Waals surface area contributed by atoms with Crippen LogP contribution in [0.5, 0.6) is 0 Å². The Morgan fingerprint density at radius 2 is 2.05 bits per heavy atom. The fraction of sp³-hybridized carbons (Fsp3) is 0.400. The van der Waals surface area contributed by atoms with Crippen LogP contribution in [0.15, 0.2) is 30.3 Å². The number of methoxy groups -OCH3 is 1. The van der Waals surface area contributed by atoms with Crippen molar-refractivity contribution in [3.63, 3.8) is 0 Å². The number of fused-ring (bicyclic) bond motifs is 1. The third-order valence-electron chi connectivity index (χ3n) is 3.13. The van der Waals surface area contributed by atoms with Crippen molar-refractivity contribution in [3.05, 3.63) is 36.0 Å². The van der Waals surface area contributed by atoms with Crippen LogP contribution < -0.4 is 0 Å². The van der Waals surface area contributed by atoms with Gasteiger partial charge in [0.25, 0.3) is 0 Å². The maximum Gasteiger partial charge on any atom is 0.352 e. The average molecular weight is 277 g/mol. The lowest BCUT2D eigenvalue weighted by Gasteiger charge is -2.09. The fourth-order valence-electron chi connectivity index (χ4n) is 2.19. The van der Waals surface area contributed by atoms with Crippen molar-refractivity contribution in [2.45, 2.75) is 13.0 Å². The second kappa shape index (κ2) is 7.07. The molecule has 2 rings (SSSR count).